The molecule has 0 saturated heterocycles. The number of anilines is 1. The molecular formula is C7HF9N2OS2. The number of thioether (sulfide) groups is 1. The molecule has 0 spiro atoms. The van der Waals surface area contributed by atoms with Crippen molar-refractivity contribution in [2.24, 2.45) is 0 Å². The van der Waals surface area contributed by atoms with Crippen molar-refractivity contribution in [2.45, 2.75) is 22.1 Å². The number of amides is 1. The van der Waals surface area contributed by atoms with Gasteiger partial charge in [-0.15, -0.1) is 0 Å². The van der Waals surface area contributed by atoms with Crippen molar-refractivity contribution in [3.63, 3.8) is 0 Å². The largest absolute Gasteiger partial charge is 0.471 e. The summed E-state index contributed by atoms with van der Waals surface area (Å²) >= 11 is -1.55. The first-order chi connectivity index (χ1) is 9.20. The number of hydrogen-bond acceptors (Lipinski definition) is 4. The summed E-state index contributed by atoms with van der Waals surface area (Å²) < 4.78 is 108. The van der Waals surface area contributed by atoms with Gasteiger partial charge in [-0.2, -0.15) is 39.5 Å². The fourth-order valence-electron chi connectivity index (χ4n) is 0.881. The van der Waals surface area contributed by atoms with E-state index in [9.17, 15) is 44.3 Å². The predicted octanol–water partition coefficient (Wildman–Crippen LogP) is 4.27. The average molecular weight is 364 g/mol. The Morgan fingerprint density at radius 2 is 1.57 bits per heavy atom. The third-order valence-electron chi connectivity index (χ3n) is 1.55. The van der Waals surface area contributed by atoms with Crippen LogP contribution in [-0.4, -0.2) is 22.6 Å². The van der Waals surface area contributed by atoms with Crippen LogP contribution in [-0.2, 0) is 11.0 Å². The van der Waals surface area contributed by atoms with Crippen LogP contribution >= 0.6 is 23.1 Å². The van der Waals surface area contributed by atoms with Gasteiger partial charge in [0.25, 0.3) is 0 Å². The van der Waals surface area contributed by atoms with Crippen LogP contribution in [0.2, 0.25) is 0 Å². The van der Waals surface area contributed by atoms with E-state index in [4.69, 9.17) is 0 Å². The number of aromatic nitrogens is 1. The number of hydrogen-bond donors (Lipinski definition) is 1. The van der Waals surface area contributed by atoms with Gasteiger partial charge >= 0.3 is 23.8 Å². The van der Waals surface area contributed by atoms with Gasteiger partial charge in [-0.3, -0.25) is 10.1 Å². The Morgan fingerprint density at radius 1 is 1.05 bits per heavy atom. The van der Waals surface area contributed by atoms with Gasteiger partial charge in [-0.25, -0.2) is 4.98 Å². The van der Waals surface area contributed by atoms with Crippen LogP contribution in [0.3, 0.4) is 0 Å². The quantitative estimate of drug-likeness (QED) is 0.629. The highest BCUT2D eigenvalue weighted by molar-refractivity contribution is 8.02. The third-order valence-corrected chi connectivity index (χ3v) is 3.43. The summed E-state index contributed by atoms with van der Waals surface area (Å²) in [6.45, 7) is 0. The molecule has 0 bridgehead atoms. The molecule has 1 amide bonds. The van der Waals surface area contributed by atoms with E-state index in [0.29, 0.717) is 0 Å². The molecule has 0 atom stereocenters. The Morgan fingerprint density at radius 3 is 1.95 bits per heavy atom. The molecule has 0 radical (unpaired) electrons. The summed E-state index contributed by atoms with van der Waals surface area (Å²) in [5.74, 6) is -2.64. The first-order valence-electron chi connectivity index (χ1n) is 4.42. The van der Waals surface area contributed by atoms with Gasteiger partial charge in [0.05, 0.1) is 0 Å². The summed E-state index contributed by atoms with van der Waals surface area (Å²) in [6.07, 6.45) is -10.7. The topological polar surface area (TPSA) is 42.0 Å². The summed E-state index contributed by atoms with van der Waals surface area (Å²) in [5, 5.41) is -0.276. The fourth-order valence-corrected chi connectivity index (χ4v) is 2.75. The highest BCUT2D eigenvalue weighted by Gasteiger charge is 2.44. The van der Waals surface area contributed by atoms with Gasteiger partial charge in [0.2, 0.25) is 0 Å². The molecule has 3 nitrogen and oxygen atoms in total. The SMILES string of the molecule is O=C(Nc1nc(C(F)(F)F)c(SC(F)(F)F)s1)C(F)(F)F. The third kappa shape index (κ3) is 5.26. The number of carbonyl (C=O) groups excluding carboxylic acids is 1. The molecule has 0 saturated carbocycles. The molecule has 0 aromatic carbocycles. The van der Waals surface area contributed by atoms with Gasteiger partial charge < -0.3 is 0 Å². The molecule has 1 heterocycles. The highest BCUT2D eigenvalue weighted by atomic mass is 32.2. The second-order valence-electron chi connectivity index (χ2n) is 3.15. The molecule has 0 unspecified atom stereocenters. The van der Waals surface area contributed by atoms with Crippen molar-refractivity contribution in [3.05, 3.63) is 5.69 Å². The molecule has 0 aliphatic heterocycles. The van der Waals surface area contributed by atoms with E-state index in [1.807, 2.05) is 0 Å². The van der Waals surface area contributed by atoms with Gasteiger partial charge in [-0.05, 0) is 11.8 Å². The maximum atomic E-state index is 12.4. The minimum Gasteiger partial charge on any atom is -0.294 e. The van der Waals surface area contributed by atoms with Crippen molar-refractivity contribution in [1.29, 1.82) is 0 Å². The molecule has 0 aliphatic carbocycles. The smallest absolute Gasteiger partial charge is 0.294 e. The molecule has 0 aliphatic rings. The van der Waals surface area contributed by atoms with E-state index in [1.54, 1.807) is 0 Å². The van der Waals surface area contributed by atoms with Crippen LogP contribution in [0.5, 0.6) is 0 Å². The van der Waals surface area contributed by atoms with E-state index in [-0.39, 0.29) is 11.3 Å². The maximum Gasteiger partial charge on any atom is 0.471 e. The minimum atomic E-state index is -5.42. The van der Waals surface area contributed by atoms with Crippen LogP contribution in [0.4, 0.5) is 44.6 Å². The molecule has 1 aromatic rings. The lowest BCUT2D eigenvalue weighted by molar-refractivity contribution is -0.167. The second kappa shape index (κ2) is 5.55. The van der Waals surface area contributed by atoms with Crippen LogP contribution in [0.1, 0.15) is 5.69 Å². The molecule has 120 valence electrons. The Balaban J connectivity index is 3.12. The van der Waals surface area contributed by atoms with Crippen molar-refractivity contribution < 1.29 is 44.3 Å². The monoisotopic (exact) mass is 364 g/mol. The van der Waals surface area contributed by atoms with Crippen LogP contribution in [0.25, 0.3) is 0 Å². The molecule has 14 heteroatoms. The number of carbonyl (C=O) groups is 1. The number of nitrogens with one attached hydrogen (secondary N) is 1. The molecule has 1 N–H and O–H groups in total. The molecule has 0 fully saturated rings. The molecule has 1 aromatic heterocycles. The lowest BCUT2D eigenvalue weighted by Gasteiger charge is -2.07. The standard InChI is InChI=1S/C7HF9N2OS2/c8-5(9,10)1-2(21-7(14,15)16)20-4(17-1)18-3(19)6(11,12)13/h(H,17,18,19). The normalized spacial score (nSPS) is 13.4. The van der Waals surface area contributed by atoms with Gasteiger partial charge in [0, 0.05) is 0 Å². The maximum absolute atomic E-state index is 12.4. The number of alkyl halides is 9. The number of halogens is 9. The Bertz CT molecular complexity index is 530. The van der Waals surface area contributed by atoms with E-state index in [2.05, 4.69) is 4.98 Å². The Kier molecular flexibility index (Phi) is 4.72. The molecular weight excluding hydrogens is 363 g/mol. The minimum absolute atomic E-state index is 0.362. The Labute approximate surface area is 117 Å². The zero-order chi connectivity index (χ0) is 16.6. The highest BCUT2D eigenvalue weighted by Crippen LogP contribution is 2.47. The van der Waals surface area contributed by atoms with Crippen LogP contribution in [0.15, 0.2) is 4.21 Å². The summed E-state index contributed by atoms with van der Waals surface area (Å²) in [4.78, 5) is 13.1. The van der Waals surface area contributed by atoms with E-state index in [0.717, 1.165) is 5.32 Å². The van der Waals surface area contributed by atoms with Gasteiger partial charge in [-0.1, -0.05) is 11.3 Å². The fraction of sp³-hybridized carbons (Fsp3) is 0.429. The van der Waals surface area contributed by atoms with E-state index in [1.165, 1.54) is 0 Å². The second-order valence-corrected chi connectivity index (χ2v) is 5.49. The number of nitrogens with zero attached hydrogens (tertiary/aromatic N) is 1. The van der Waals surface area contributed by atoms with E-state index < -0.39 is 50.6 Å². The van der Waals surface area contributed by atoms with Crippen LogP contribution in [0, 0.1) is 0 Å². The summed E-state index contributed by atoms with van der Waals surface area (Å²) in [6, 6.07) is 0. The predicted molar refractivity (Wildman–Crippen MR) is 53.7 cm³/mol. The van der Waals surface area contributed by atoms with Gasteiger partial charge in [0.1, 0.15) is 4.21 Å². The van der Waals surface area contributed by atoms with Crippen LogP contribution < -0.4 is 5.32 Å². The van der Waals surface area contributed by atoms with Crippen molar-refractivity contribution in [2.75, 3.05) is 5.32 Å². The average Bonchev–Trinajstić information content (AvgIpc) is 2.55. The lowest BCUT2D eigenvalue weighted by Crippen LogP contribution is -2.29. The Hall–Kier alpha value is -1.18. The van der Waals surface area contributed by atoms with Crippen molar-refractivity contribution >= 4 is 34.1 Å². The first kappa shape index (κ1) is 17.9. The first-order valence-corrected chi connectivity index (χ1v) is 6.05. The lowest BCUT2D eigenvalue weighted by atomic mass is 10.5. The summed E-state index contributed by atoms with van der Waals surface area (Å²) in [5.41, 5.74) is -7.12. The molecule has 21 heavy (non-hydrogen) atoms. The zero-order valence-corrected chi connectivity index (χ0v) is 10.7. The van der Waals surface area contributed by atoms with Crippen molar-refractivity contribution in [3.8, 4) is 0 Å². The summed E-state index contributed by atoms with van der Waals surface area (Å²) in [7, 11) is 0. The van der Waals surface area contributed by atoms with Gasteiger partial charge in [0.15, 0.2) is 10.8 Å². The van der Waals surface area contributed by atoms with E-state index >= 15 is 0 Å². The molecule has 1 rings (SSSR count). The van der Waals surface area contributed by atoms with Crippen molar-refractivity contribution in [1.82, 2.24) is 4.98 Å². The number of thiazole rings is 1. The zero-order valence-electron chi connectivity index (χ0n) is 9.07. The number of rotatable bonds is 2.